The molecule has 0 aromatic heterocycles. The third-order valence-electron chi connectivity index (χ3n) is 5.60. The van der Waals surface area contributed by atoms with Crippen LogP contribution in [-0.4, -0.2) is 62.5 Å². The first-order valence-corrected chi connectivity index (χ1v) is 9.03. The maximum Gasteiger partial charge on any atom is 0.0619 e. The lowest BCUT2D eigenvalue weighted by Crippen LogP contribution is -2.59. The molecule has 0 unspecified atom stereocenters. The lowest BCUT2D eigenvalue weighted by atomic mass is 9.87. The van der Waals surface area contributed by atoms with Crippen LogP contribution >= 0.6 is 0 Å². The Labute approximate surface area is 129 Å². The molecule has 21 heavy (non-hydrogen) atoms. The molecular formula is C17H32N2O2. The highest BCUT2D eigenvalue weighted by atomic mass is 16.5. The molecule has 1 atom stereocenters. The highest BCUT2D eigenvalue weighted by Gasteiger charge is 2.38. The smallest absolute Gasteiger partial charge is 0.0619 e. The summed E-state index contributed by atoms with van der Waals surface area (Å²) in [5.74, 6) is 0. The minimum atomic E-state index is 0.373. The van der Waals surface area contributed by atoms with E-state index < -0.39 is 0 Å². The number of rotatable bonds is 4. The van der Waals surface area contributed by atoms with E-state index in [9.17, 15) is 0 Å². The summed E-state index contributed by atoms with van der Waals surface area (Å²) in [5, 5.41) is 3.85. The molecule has 0 spiro atoms. The number of hydrogen-bond donors (Lipinski definition) is 1. The fourth-order valence-electron chi connectivity index (χ4n) is 4.27. The quantitative estimate of drug-likeness (QED) is 0.806. The average Bonchev–Trinajstić information content (AvgIpc) is 2.81. The molecule has 3 rings (SSSR count). The SMILES string of the molecule is C1CCCC(CN[C@@H]2CCCOC2)(N2CCOCC2)CC1. The largest absolute Gasteiger partial charge is 0.380 e. The molecule has 0 radical (unpaired) electrons. The molecule has 2 heterocycles. The zero-order chi connectivity index (χ0) is 14.4. The molecule has 1 saturated carbocycles. The minimum Gasteiger partial charge on any atom is -0.380 e. The average molecular weight is 296 g/mol. The van der Waals surface area contributed by atoms with Gasteiger partial charge in [0.2, 0.25) is 0 Å². The van der Waals surface area contributed by atoms with E-state index in [1.165, 1.54) is 51.4 Å². The van der Waals surface area contributed by atoms with Crippen molar-refractivity contribution in [2.24, 2.45) is 0 Å². The van der Waals surface area contributed by atoms with Crippen LogP contribution in [0.15, 0.2) is 0 Å². The second-order valence-corrected chi connectivity index (χ2v) is 7.03. The van der Waals surface area contributed by atoms with Crippen LogP contribution < -0.4 is 5.32 Å². The summed E-state index contributed by atoms with van der Waals surface area (Å²) in [6, 6.07) is 0.569. The Kier molecular flexibility index (Phi) is 5.92. The van der Waals surface area contributed by atoms with Crippen molar-refractivity contribution in [2.45, 2.75) is 62.9 Å². The number of hydrogen-bond acceptors (Lipinski definition) is 4. The van der Waals surface area contributed by atoms with Crippen LogP contribution in [0, 0.1) is 0 Å². The summed E-state index contributed by atoms with van der Waals surface area (Å²) in [4.78, 5) is 2.73. The van der Waals surface area contributed by atoms with Crippen molar-refractivity contribution < 1.29 is 9.47 Å². The maximum atomic E-state index is 5.63. The van der Waals surface area contributed by atoms with Gasteiger partial charge in [-0.25, -0.2) is 0 Å². The molecule has 3 fully saturated rings. The summed E-state index contributed by atoms with van der Waals surface area (Å²) in [6.07, 6.45) is 10.8. The maximum absolute atomic E-state index is 5.63. The first-order valence-electron chi connectivity index (χ1n) is 9.03. The molecule has 0 aromatic carbocycles. The van der Waals surface area contributed by atoms with Crippen molar-refractivity contribution >= 4 is 0 Å². The van der Waals surface area contributed by atoms with Crippen molar-refractivity contribution in [2.75, 3.05) is 46.1 Å². The van der Waals surface area contributed by atoms with E-state index in [4.69, 9.17) is 9.47 Å². The molecule has 2 saturated heterocycles. The third kappa shape index (κ3) is 4.19. The monoisotopic (exact) mass is 296 g/mol. The lowest BCUT2D eigenvalue weighted by Gasteiger charge is -2.46. The van der Waals surface area contributed by atoms with Crippen molar-refractivity contribution in [3.63, 3.8) is 0 Å². The Morgan fingerprint density at radius 1 is 0.905 bits per heavy atom. The fourth-order valence-corrected chi connectivity index (χ4v) is 4.27. The van der Waals surface area contributed by atoms with Crippen LogP contribution in [0.4, 0.5) is 0 Å². The van der Waals surface area contributed by atoms with Gasteiger partial charge >= 0.3 is 0 Å². The van der Waals surface area contributed by atoms with Crippen LogP contribution in [0.25, 0.3) is 0 Å². The van der Waals surface area contributed by atoms with Gasteiger partial charge in [0.25, 0.3) is 0 Å². The predicted molar refractivity (Wildman–Crippen MR) is 84.7 cm³/mol. The standard InChI is InChI=1S/C17H32N2O2/c1-2-4-8-17(7-3-1,19-9-12-20-13-10-19)15-18-16-6-5-11-21-14-16/h16,18H,1-15H2/t16-/m1/s1. The van der Waals surface area contributed by atoms with Crippen LogP contribution in [-0.2, 0) is 9.47 Å². The zero-order valence-corrected chi connectivity index (χ0v) is 13.4. The van der Waals surface area contributed by atoms with E-state index in [0.717, 1.165) is 46.1 Å². The molecule has 2 aliphatic heterocycles. The highest BCUT2D eigenvalue weighted by Crippen LogP contribution is 2.33. The van der Waals surface area contributed by atoms with Gasteiger partial charge in [0.05, 0.1) is 19.8 Å². The summed E-state index contributed by atoms with van der Waals surface area (Å²) in [7, 11) is 0. The van der Waals surface area contributed by atoms with Crippen LogP contribution in [0.1, 0.15) is 51.4 Å². The molecule has 0 aromatic rings. The number of nitrogens with zero attached hydrogens (tertiary/aromatic N) is 1. The summed E-state index contributed by atoms with van der Waals surface area (Å²) >= 11 is 0. The Morgan fingerprint density at radius 2 is 1.67 bits per heavy atom. The molecule has 1 aliphatic carbocycles. The van der Waals surface area contributed by atoms with E-state index in [2.05, 4.69) is 10.2 Å². The van der Waals surface area contributed by atoms with Crippen molar-refractivity contribution in [3.8, 4) is 0 Å². The Morgan fingerprint density at radius 3 is 2.33 bits per heavy atom. The van der Waals surface area contributed by atoms with Gasteiger partial charge in [-0.05, 0) is 25.7 Å². The van der Waals surface area contributed by atoms with Crippen molar-refractivity contribution in [3.05, 3.63) is 0 Å². The molecule has 4 heteroatoms. The lowest BCUT2D eigenvalue weighted by molar-refractivity contribution is -0.0319. The van der Waals surface area contributed by atoms with Gasteiger partial charge in [0.1, 0.15) is 0 Å². The van der Waals surface area contributed by atoms with Gasteiger partial charge in [-0.2, -0.15) is 0 Å². The fraction of sp³-hybridized carbons (Fsp3) is 1.00. The van der Waals surface area contributed by atoms with Gasteiger partial charge < -0.3 is 14.8 Å². The number of nitrogens with one attached hydrogen (secondary N) is 1. The van der Waals surface area contributed by atoms with E-state index in [-0.39, 0.29) is 0 Å². The van der Waals surface area contributed by atoms with Gasteiger partial charge in [-0.1, -0.05) is 25.7 Å². The number of ether oxygens (including phenoxy) is 2. The molecule has 1 N–H and O–H groups in total. The summed E-state index contributed by atoms with van der Waals surface area (Å²) in [6.45, 7) is 7.04. The summed E-state index contributed by atoms with van der Waals surface area (Å²) in [5.41, 5.74) is 0.373. The molecule has 0 bridgehead atoms. The Balaban J connectivity index is 1.62. The van der Waals surface area contributed by atoms with Crippen molar-refractivity contribution in [1.82, 2.24) is 10.2 Å². The minimum absolute atomic E-state index is 0.373. The molecule has 4 nitrogen and oxygen atoms in total. The topological polar surface area (TPSA) is 33.7 Å². The van der Waals surface area contributed by atoms with E-state index in [0.29, 0.717) is 11.6 Å². The summed E-state index contributed by atoms with van der Waals surface area (Å²) < 4.78 is 11.2. The zero-order valence-electron chi connectivity index (χ0n) is 13.4. The van der Waals surface area contributed by atoms with E-state index >= 15 is 0 Å². The third-order valence-corrected chi connectivity index (χ3v) is 5.60. The van der Waals surface area contributed by atoms with Crippen molar-refractivity contribution in [1.29, 1.82) is 0 Å². The van der Waals surface area contributed by atoms with Crippen LogP contribution in [0.5, 0.6) is 0 Å². The highest BCUT2D eigenvalue weighted by molar-refractivity contribution is 4.96. The Bertz CT molecular complexity index is 291. The van der Waals surface area contributed by atoms with Gasteiger partial charge in [-0.3, -0.25) is 4.90 Å². The van der Waals surface area contributed by atoms with Crippen LogP contribution in [0.3, 0.4) is 0 Å². The second-order valence-electron chi connectivity index (χ2n) is 7.03. The first kappa shape index (κ1) is 15.7. The van der Waals surface area contributed by atoms with Crippen LogP contribution in [0.2, 0.25) is 0 Å². The first-order chi connectivity index (χ1) is 10.4. The normalized spacial score (nSPS) is 31.7. The Hall–Kier alpha value is -0.160. The number of morpholine rings is 1. The van der Waals surface area contributed by atoms with Gasteiger partial charge in [0.15, 0.2) is 0 Å². The van der Waals surface area contributed by atoms with Gasteiger partial charge in [-0.15, -0.1) is 0 Å². The molecule has 0 amide bonds. The molecular weight excluding hydrogens is 264 g/mol. The van der Waals surface area contributed by atoms with E-state index in [1.807, 2.05) is 0 Å². The van der Waals surface area contributed by atoms with Gasteiger partial charge in [0, 0.05) is 37.8 Å². The predicted octanol–water partition coefficient (Wildman–Crippen LogP) is 2.18. The second kappa shape index (κ2) is 7.91. The van der Waals surface area contributed by atoms with E-state index in [1.54, 1.807) is 0 Å². The molecule has 122 valence electrons. The molecule has 3 aliphatic rings.